The lowest BCUT2D eigenvalue weighted by Gasteiger charge is -2.00. The van der Waals surface area contributed by atoms with E-state index >= 15 is 0 Å². The number of esters is 1. The summed E-state index contributed by atoms with van der Waals surface area (Å²) in [4.78, 5) is 25.9. The molecule has 3 aromatic heterocycles. The van der Waals surface area contributed by atoms with E-state index in [1.807, 2.05) is 0 Å². The quantitative estimate of drug-likeness (QED) is 0.400. The van der Waals surface area contributed by atoms with Crippen LogP contribution in [0.3, 0.4) is 0 Å². The summed E-state index contributed by atoms with van der Waals surface area (Å²) in [6, 6.07) is 1.49. The Kier molecular flexibility index (Phi) is 3.26. The Hall–Kier alpha value is -3.30. The summed E-state index contributed by atoms with van der Waals surface area (Å²) in [5, 5.41) is 18.6. The molecule has 3 heterocycles. The second kappa shape index (κ2) is 5.24. The van der Waals surface area contributed by atoms with E-state index in [4.69, 9.17) is 4.74 Å². The van der Waals surface area contributed by atoms with Gasteiger partial charge < -0.3 is 4.74 Å². The zero-order chi connectivity index (χ0) is 15.7. The van der Waals surface area contributed by atoms with Gasteiger partial charge in [0.2, 0.25) is 0 Å². The van der Waals surface area contributed by atoms with Crippen molar-refractivity contribution in [2.45, 2.75) is 6.92 Å². The molecular weight excluding hydrogens is 292 g/mol. The number of nitro groups is 1. The fourth-order valence-electron chi connectivity index (χ4n) is 1.84. The lowest BCUT2D eigenvalue weighted by molar-refractivity contribution is -0.384. The number of carbonyl (C=O) groups is 1. The molecule has 0 spiro atoms. The number of aromatic nitrogens is 5. The maximum Gasteiger partial charge on any atom is 0.358 e. The second-order valence-corrected chi connectivity index (χ2v) is 4.27. The van der Waals surface area contributed by atoms with Gasteiger partial charge in [0.25, 0.3) is 0 Å². The number of hydrogen-bond donors (Lipinski definition) is 0. The van der Waals surface area contributed by atoms with Crippen molar-refractivity contribution in [2.75, 3.05) is 6.61 Å². The highest BCUT2D eigenvalue weighted by Crippen LogP contribution is 2.14. The van der Waals surface area contributed by atoms with Crippen molar-refractivity contribution < 1.29 is 14.5 Å². The molecule has 0 aromatic carbocycles. The van der Waals surface area contributed by atoms with E-state index in [0.29, 0.717) is 11.3 Å². The molecule has 0 aliphatic heterocycles. The van der Waals surface area contributed by atoms with Gasteiger partial charge >= 0.3 is 11.7 Å². The molecule has 0 bridgehead atoms. The van der Waals surface area contributed by atoms with Crippen LogP contribution >= 0.6 is 0 Å². The van der Waals surface area contributed by atoms with Crippen LogP contribution in [0.1, 0.15) is 17.4 Å². The molecule has 0 atom stereocenters. The number of rotatable bonds is 4. The fraction of sp³-hybridized carbons (Fsp3) is 0.167. The maximum absolute atomic E-state index is 11.6. The summed E-state index contributed by atoms with van der Waals surface area (Å²) in [7, 11) is 0. The third kappa shape index (κ3) is 2.37. The highest BCUT2D eigenvalue weighted by atomic mass is 16.6. The Morgan fingerprint density at radius 3 is 2.91 bits per heavy atom. The van der Waals surface area contributed by atoms with Crippen LogP contribution in [0.4, 0.5) is 5.69 Å². The topological polar surface area (TPSA) is 117 Å². The highest BCUT2D eigenvalue weighted by Gasteiger charge is 2.14. The van der Waals surface area contributed by atoms with Gasteiger partial charge in [0.05, 0.1) is 23.9 Å². The highest BCUT2D eigenvalue weighted by molar-refractivity contribution is 5.88. The normalized spacial score (nSPS) is 10.8. The van der Waals surface area contributed by atoms with E-state index in [2.05, 4.69) is 15.2 Å². The molecule has 0 amide bonds. The second-order valence-electron chi connectivity index (χ2n) is 4.27. The van der Waals surface area contributed by atoms with Gasteiger partial charge in [-0.15, -0.1) is 0 Å². The van der Waals surface area contributed by atoms with Gasteiger partial charge in [-0.05, 0) is 6.92 Å². The summed E-state index contributed by atoms with van der Waals surface area (Å²) in [6.07, 6.45) is 5.43. The third-order valence-electron chi connectivity index (χ3n) is 2.83. The zero-order valence-electron chi connectivity index (χ0n) is 11.4. The predicted octanol–water partition coefficient (Wildman–Crippen LogP) is 1.000. The van der Waals surface area contributed by atoms with Crippen LogP contribution in [-0.2, 0) is 4.74 Å². The first kappa shape index (κ1) is 13.7. The van der Waals surface area contributed by atoms with Crippen molar-refractivity contribution in [1.29, 1.82) is 0 Å². The molecule has 0 aliphatic carbocycles. The Morgan fingerprint density at radius 2 is 2.23 bits per heavy atom. The minimum Gasteiger partial charge on any atom is -0.461 e. The molecular formula is C12H10N6O4. The van der Waals surface area contributed by atoms with Crippen LogP contribution < -0.4 is 0 Å². The molecule has 0 saturated carbocycles. The van der Waals surface area contributed by atoms with Gasteiger partial charge in [0.15, 0.2) is 11.3 Å². The van der Waals surface area contributed by atoms with E-state index in [1.165, 1.54) is 27.7 Å². The van der Waals surface area contributed by atoms with Crippen LogP contribution in [0.5, 0.6) is 0 Å². The van der Waals surface area contributed by atoms with Crippen LogP contribution in [-0.4, -0.2) is 41.9 Å². The average Bonchev–Trinajstić information content (AvgIpc) is 3.13. The fourth-order valence-corrected chi connectivity index (χ4v) is 1.84. The SMILES string of the molecule is CCOC(=O)c1cc2ncc(-n3cc([N+](=O)[O-])cn3)cn2n1. The molecule has 10 nitrogen and oxygen atoms in total. The molecule has 3 aromatic rings. The number of ether oxygens (including phenoxy) is 1. The monoisotopic (exact) mass is 302 g/mol. The summed E-state index contributed by atoms with van der Waals surface area (Å²) in [5.41, 5.74) is 0.929. The Balaban J connectivity index is 1.98. The van der Waals surface area contributed by atoms with Gasteiger partial charge in [-0.2, -0.15) is 10.2 Å². The first-order valence-electron chi connectivity index (χ1n) is 6.30. The first-order valence-corrected chi connectivity index (χ1v) is 6.30. The number of nitrogens with zero attached hydrogens (tertiary/aromatic N) is 6. The van der Waals surface area contributed by atoms with Crippen molar-refractivity contribution in [3.8, 4) is 5.69 Å². The van der Waals surface area contributed by atoms with Crippen molar-refractivity contribution in [2.24, 2.45) is 0 Å². The first-order chi connectivity index (χ1) is 10.6. The molecule has 22 heavy (non-hydrogen) atoms. The summed E-state index contributed by atoms with van der Waals surface area (Å²) in [6.45, 7) is 1.96. The van der Waals surface area contributed by atoms with Crippen LogP contribution in [0.25, 0.3) is 11.3 Å². The molecule has 112 valence electrons. The predicted molar refractivity (Wildman–Crippen MR) is 72.7 cm³/mol. The van der Waals surface area contributed by atoms with Gasteiger partial charge in [-0.3, -0.25) is 10.1 Å². The van der Waals surface area contributed by atoms with Crippen molar-refractivity contribution in [3.05, 3.63) is 46.7 Å². The number of fused-ring (bicyclic) bond motifs is 1. The number of hydrogen-bond acceptors (Lipinski definition) is 7. The smallest absolute Gasteiger partial charge is 0.358 e. The zero-order valence-corrected chi connectivity index (χ0v) is 11.4. The molecule has 0 fully saturated rings. The Morgan fingerprint density at radius 1 is 1.41 bits per heavy atom. The molecule has 10 heteroatoms. The van der Waals surface area contributed by atoms with Gasteiger partial charge in [0, 0.05) is 6.07 Å². The number of carbonyl (C=O) groups excluding carboxylic acids is 1. The molecule has 0 aliphatic rings. The molecule has 0 unspecified atom stereocenters. The van der Waals surface area contributed by atoms with E-state index in [0.717, 1.165) is 6.20 Å². The van der Waals surface area contributed by atoms with E-state index in [9.17, 15) is 14.9 Å². The summed E-state index contributed by atoms with van der Waals surface area (Å²) in [5.74, 6) is -0.538. The maximum atomic E-state index is 11.6. The molecule has 0 saturated heterocycles. The molecule has 0 N–H and O–H groups in total. The lowest BCUT2D eigenvalue weighted by atomic mass is 10.4. The van der Waals surface area contributed by atoms with Crippen molar-refractivity contribution in [3.63, 3.8) is 0 Å². The molecule has 0 radical (unpaired) electrons. The van der Waals surface area contributed by atoms with Crippen molar-refractivity contribution in [1.82, 2.24) is 24.4 Å². The van der Waals surface area contributed by atoms with E-state index < -0.39 is 10.9 Å². The lowest BCUT2D eigenvalue weighted by Crippen LogP contribution is -2.05. The van der Waals surface area contributed by atoms with E-state index in [1.54, 1.807) is 13.1 Å². The molecule has 3 rings (SSSR count). The minimum atomic E-state index is -0.539. The summed E-state index contributed by atoms with van der Waals surface area (Å²) < 4.78 is 7.55. The van der Waals surface area contributed by atoms with Crippen LogP contribution in [0.2, 0.25) is 0 Å². The standard InChI is InChI=1S/C12H10N6O4/c1-2-22-12(19)10-3-11-13-4-8(6-17(11)15-10)16-7-9(5-14-16)18(20)21/h3-7H,2H2,1H3. The average molecular weight is 302 g/mol. The van der Waals surface area contributed by atoms with Crippen LogP contribution in [0, 0.1) is 10.1 Å². The van der Waals surface area contributed by atoms with Gasteiger partial charge in [-0.25, -0.2) is 19.0 Å². The van der Waals surface area contributed by atoms with Gasteiger partial charge in [-0.1, -0.05) is 0 Å². The largest absolute Gasteiger partial charge is 0.461 e. The Bertz CT molecular complexity index is 868. The third-order valence-corrected chi connectivity index (χ3v) is 2.83. The van der Waals surface area contributed by atoms with Gasteiger partial charge in [0.1, 0.15) is 18.1 Å². The van der Waals surface area contributed by atoms with E-state index in [-0.39, 0.29) is 18.0 Å². The van der Waals surface area contributed by atoms with Crippen molar-refractivity contribution >= 4 is 17.3 Å². The minimum absolute atomic E-state index is 0.132. The Labute approximate surface area is 123 Å². The summed E-state index contributed by atoms with van der Waals surface area (Å²) >= 11 is 0. The van der Waals surface area contributed by atoms with Crippen LogP contribution in [0.15, 0.2) is 30.9 Å².